The van der Waals surface area contributed by atoms with E-state index in [1.165, 1.54) is 0 Å². The van der Waals surface area contributed by atoms with Crippen molar-refractivity contribution in [2.45, 2.75) is 51.1 Å². The molecule has 4 heterocycles. The fraction of sp³-hybridized carbons (Fsp3) is 0.375. The van der Waals surface area contributed by atoms with Crippen molar-refractivity contribution in [1.82, 2.24) is 14.5 Å². The molecule has 3 aromatic rings. The summed E-state index contributed by atoms with van der Waals surface area (Å²) in [4.78, 5) is 21.9. The highest BCUT2D eigenvalue weighted by molar-refractivity contribution is 5.50. The Hall–Kier alpha value is -3.70. The van der Waals surface area contributed by atoms with Gasteiger partial charge < -0.3 is 14.4 Å². The summed E-state index contributed by atoms with van der Waals surface area (Å²) in [5.74, 6) is -2.83. The Morgan fingerprint density at radius 2 is 1.86 bits per heavy atom. The maximum absolute atomic E-state index is 14.6. The zero-order chi connectivity index (χ0) is 25.7. The van der Waals surface area contributed by atoms with Crippen molar-refractivity contribution < 1.29 is 31.4 Å². The minimum atomic E-state index is -4.74. The van der Waals surface area contributed by atoms with Crippen molar-refractivity contribution in [1.29, 1.82) is 0 Å². The Kier molecular flexibility index (Phi) is 5.84. The average Bonchev–Trinajstić information content (AvgIpc) is 3.13. The van der Waals surface area contributed by atoms with Gasteiger partial charge in [-0.2, -0.15) is 18.2 Å². The lowest BCUT2D eigenvalue weighted by Gasteiger charge is -2.40. The van der Waals surface area contributed by atoms with Gasteiger partial charge in [-0.15, -0.1) is 0 Å². The lowest BCUT2D eigenvalue weighted by molar-refractivity contribution is -0.141. The van der Waals surface area contributed by atoms with Gasteiger partial charge in [0.05, 0.1) is 12.1 Å². The number of alkyl halides is 3. The Labute approximate surface area is 202 Å². The van der Waals surface area contributed by atoms with E-state index < -0.39 is 40.7 Å². The van der Waals surface area contributed by atoms with Crippen molar-refractivity contribution in [2.24, 2.45) is 0 Å². The molecular formula is C24H21F5N4O3. The van der Waals surface area contributed by atoms with Crippen LogP contribution in [0.3, 0.4) is 0 Å². The Bertz CT molecular complexity index is 1350. The standard InChI is InChI=1S/C24H21F5N4O3/c1-23-5-2-3-7-33(23)20-11-19(31-22(34)32(20)13-23)35-12-14-8-16(25)21(17(26)9-14)36-15-4-6-30-18(10-15)24(27,28)29/h4,6,8-11H,2-3,5,7,12-13H2,1H3/t23-/m0/s1. The largest absolute Gasteiger partial charge is 0.473 e. The van der Waals surface area contributed by atoms with Crippen molar-refractivity contribution in [2.75, 3.05) is 11.4 Å². The number of fused-ring (bicyclic) bond motifs is 3. The number of aromatic nitrogens is 3. The fourth-order valence-electron chi connectivity index (χ4n) is 4.69. The summed E-state index contributed by atoms with van der Waals surface area (Å²) in [6, 6.07) is 5.11. The van der Waals surface area contributed by atoms with Gasteiger partial charge in [-0.25, -0.2) is 13.6 Å². The molecule has 1 fully saturated rings. The monoisotopic (exact) mass is 508 g/mol. The van der Waals surface area contributed by atoms with Crippen LogP contribution in [-0.2, 0) is 19.3 Å². The summed E-state index contributed by atoms with van der Waals surface area (Å²) >= 11 is 0. The normalized spacial score (nSPS) is 19.1. The summed E-state index contributed by atoms with van der Waals surface area (Å²) in [6.07, 6.45) is -0.873. The second kappa shape index (κ2) is 8.75. The molecule has 12 heteroatoms. The summed E-state index contributed by atoms with van der Waals surface area (Å²) in [7, 11) is 0. The quantitative estimate of drug-likeness (QED) is 0.449. The average molecular weight is 508 g/mol. The van der Waals surface area contributed by atoms with E-state index in [-0.39, 0.29) is 23.6 Å². The smallest absolute Gasteiger partial charge is 0.433 e. The molecule has 0 amide bonds. The van der Waals surface area contributed by atoms with Crippen LogP contribution in [0.1, 0.15) is 37.4 Å². The molecule has 0 unspecified atom stereocenters. The van der Waals surface area contributed by atoms with Crippen LogP contribution in [0.2, 0.25) is 0 Å². The van der Waals surface area contributed by atoms with E-state index in [1.54, 1.807) is 10.6 Å². The van der Waals surface area contributed by atoms with E-state index in [2.05, 4.69) is 21.8 Å². The molecule has 36 heavy (non-hydrogen) atoms. The molecule has 5 rings (SSSR count). The number of rotatable bonds is 5. The van der Waals surface area contributed by atoms with E-state index >= 15 is 0 Å². The predicted molar refractivity (Wildman–Crippen MR) is 118 cm³/mol. The van der Waals surface area contributed by atoms with Gasteiger partial charge in [0.1, 0.15) is 23.9 Å². The van der Waals surface area contributed by atoms with E-state index in [0.717, 1.165) is 50.2 Å². The number of nitrogens with zero attached hydrogens (tertiary/aromatic N) is 4. The van der Waals surface area contributed by atoms with Crippen LogP contribution >= 0.6 is 0 Å². The number of piperidine rings is 1. The van der Waals surface area contributed by atoms with Gasteiger partial charge in [0.25, 0.3) is 0 Å². The zero-order valence-electron chi connectivity index (χ0n) is 19.1. The van der Waals surface area contributed by atoms with E-state index in [9.17, 15) is 26.7 Å². The third-order valence-corrected chi connectivity index (χ3v) is 6.43. The molecule has 0 bridgehead atoms. The van der Waals surface area contributed by atoms with E-state index in [4.69, 9.17) is 9.47 Å². The maximum Gasteiger partial charge on any atom is 0.433 e. The van der Waals surface area contributed by atoms with Crippen LogP contribution in [0.4, 0.5) is 27.8 Å². The molecule has 0 spiro atoms. The predicted octanol–water partition coefficient (Wildman–Crippen LogP) is 5.07. The molecule has 0 radical (unpaired) electrons. The van der Waals surface area contributed by atoms with Gasteiger partial charge in [-0.1, -0.05) is 0 Å². The molecule has 2 aliphatic heterocycles. The first-order chi connectivity index (χ1) is 17.0. The number of hydrogen-bond acceptors (Lipinski definition) is 6. The topological polar surface area (TPSA) is 69.5 Å². The Morgan fingerprint density at radius 1 is 1.11 bits per heavy atom. The van der Waals surface area contributed by atoms with Crippen LogP contribution in [-0.4, -0.2) is 26.6 Å². The number of ether oxygens (including phenoxy) is 2. The van der Waals surface area contributed by atoms with Crippen molar-refractivity contribution in [3.8, 4) is 17.4 Å². The number of hydrogen-bond donors (Lipinski definition) is 0. The maximum atomic E-state index is 14.6. The van der Waals surface area contributed by atoms with Crippen molar-refractivity contribution >= 4 is 5.82 Å². The van der Waals surface area contributed by atoms with Gasteiger partial charge in [-0.05, 0) is 49.9 Å². The van der Waals surface area contributed by atoms with Crippen molar-refractivity contribution in [3.05, 3.63) is 69.9 Å². The van der Waals surface area contributed by atoms with Crippen LogP contribution in [0.15, 0.2) is 41.3 Å². The van der Waals surface area contributed by atoms with Gasteiger partial charge in [0.2, 0.25) is 5.88 Å². The van der Waals surface area contributed by atoms with Crippen LogP contribution in [0, 0.1) is 11.6 Å². The highest BCUT2D eigenvalue weighted by atomic mass is 19.4. The molecule has 1 aromatic carbocycles. The summed E-state index contributed by atoms with van der Waals surface area (Å²) in [5.41, 5.74) is -1.81. The molecule has 190 valence electrons. The van der Waals surface area contributed by atoms with Gasteiger partial charge >= 0.3 is 11.9 Å². The molecule has 0 saturated carbocycles. The van der Waals surface area contributed by atoms with E-state index in [0.29, 0.717) is 18.4 Å². The molecule has 0 N–H and O–H groups in total. The first-order valence-electron chi connectivity index (χ1n) is 11.2. The summed E-state index contributed by atoms with van der Waals surface area (Å²) in [6.45, 7) is 3.15. The molecular weight excluding hydrogens is 487 g/mol. The Balaban J connectivity index is 1.33. The highest BCUT2D eigenvalue weighted by Gasteiger charge is 2.42. The molecule has 1 saturated heterocycles. The lowest BCUT2D eigenvalue weighted by Crippen LogP contribution is -2.47. The molecule has 0 aliphatic carbocycles. The molecule has 7 nitrogen and oxygen atoms in total. The second-order valence-corrected chi connectivity index (χ2v) is 9.08. The summed E-state index contributed by atoms with van der Waals surface area (Å²) < 4.78 is 79.9. The molecule has 2 aromatic heterocycles. The minimum Gasteiger partial charge on any atom is -0.473 e. The SMILES string of the molecule is C[C@@]12CCCCN1c1cc(OCc3cc(F)c(Oc4ccnc(C(F)(F)F)c4)c(F)c3)nc(=O)n1C2. The van der Waals surface area contributed by atoms with Gasteiger partial charge in [0, 0.05) is 24.9 Å². The first-order valence-corrected chi connectivity index (χ1v) is 11.2. The van der Waals surface area contributed by atoms with Gasteiger partial charge in [0.15, 0.2) is 17.4 Å². The third kappa shape index (κ3) is 4.47. The highest BCUT2D eigenvalue weighted by Crippen LogP contribution is 2.40. The third-order valence-electron chi connectivity index (χ3n) is 6.43. The molecule has 2 aliphatic rings. The second-order valence-electron chi connectivity index (χ2n) is 9.08. The Morgan fingerprint density at radius 3 is 2.58 bits per heavy atom. The molecule has 1 atom stereocenters. The zero-order valence-corrected chi connectivity index (χ0v) is 19.1. The minimum absolute atomic E-state index is 0.0266. The summed E-state index contributed by atoms with van der Waals surface area (Å²) in [5, 5.41) is 0. The van der Waals surface area contributed by atoms with E-state index in [1.807, 2.05) is 0 Å². The number of pyridine rings is 1. The fourth-order valence-corrected chi connectivity index (χ4v) is 4.69. The van der Waals surface area contributed by atoms with Crippen LogP contribution in [0.5, 0.6) is 17.4 Å². The number of halogens is 5. The first kappa shape index (κ1) is 24.0. The number of anilines is 1. The van der Waals surface area contributed by atoms with Crippen LogP contribution in [0.25, 0.3) is 0 Å². The van der Waals surface area contributed by atoms with Crippen molar-refractivity contribution in [3.63, 3.8) is 0 Å². The number of benzene rings is 1. The van der Waals surface area contributed by atoms with Gasteiger partial charge in [-0.3, -0.25) is 9.55 Å². The van der Waals surface area contributed by atoms with Crippen LogP contribution < -0.4 is 20.1 Å². The lowest BCUT2D eigenvalue weighted by atomic mass is 9.90.